The molecule has 1 aromatic carbocycles. The van der Waals surface area contributed by atoms with E-state index in [1.807, 2.05) is 0 Å². The second-order valence-corrected chi connectivity index (χ2v) is 7.48. The third-order valence-electron chi connectivity index (χ3n) is 6.41. The first kappa shape index (κ1) is 16.5. The highest BCUT2D eigenvalue weighted by atomic mass is 19.1. The Hall–Kier alpha value is -1.01. The van der Waals surface area contributed by atoms with Gasteiger partial charge in [-0.2, -0.15) is 0 Å². The van der Waals surface area contributed by atoms with Crippen molar-refractivity contribution in [2.75, 3.05) is 32.8 Å². The lowest BCUT2D eigenvalue weighted by Gasteiger charge is -2.65. The van der Waals surface area contributed by atoms with Crippen molar-refractivity contribution in [3.05, 3.63) is 35.6 Å². The fourth-order valence-corrected chi connectivity index (χ4v) is 4.83. The highest BCUT2D eigenvalue weighted by molar-refractivity contribution is 5.21. The van der Waals surface area contributed by atoms with E-state index in [4.69, 9.17) is 4.74 Å². The van der Waals surface area contributed by atoms with Crippen LogP contribution in [0, 0.1) is 11.2 Å². The van der Waals surface area contributed by atoms with Crippen molar-refractivity contribution in [3.63, 3.8) is 0 Å². The minimum absolute atomic E-state index is 0.329. The zero-order valence-electron chi connectivity index (χ0n) is 14.1. The fraction of sp³-hybridized carbons (Fsp3) is 0.684. The van der Waals surface area contributed by atoms with Gasteiger partial charge in [0.25, 0.3) is 0 Å². The number of halogens is 1. The summed E-state index contributed by atoms with van der Waals surface area (Å²) in [7, 11) is 0. The van der Waals surface area contributed by atoms with Crippen molar-refractivity contribution < 1.29 is 14.2 Å². The van der Waals surface area contributed by atoms with Gasteiger partial charge in [-0.25, -0.2) is 4.39 Å². The van der Waals surface area contributed by atoms with E-state index in [1.54, 1.807) is 18.2 Å². The van der Waals surface area contributed by atoms with Crippen LogP contribution in [-0.2, 0) is 4.74 Å². The predicted molar refractivity (Wildman–Crippen MR) is 90.2 cm³/mol. The first-order valence-electron chi connectivity index (χ1n) is 9.18. The van der Waals surface area contributed by atoms with Crippen molar-refractivity contribution in [3.8, 4) is 0 Å². The zero-order valence-corrected chi connectivity index (χ0v) is 14.1. The molecular weight excluding hydrogens is 307 g/mol. The smallest absolute Gasteiger partial charge is 0.129 e. The van der Waals surface area contributed by atoms with Gasteiger partial charge in [-0.15, -0.1) is 0 Å². The maximum atomic E-state index is 13.8. The number of hydrogen-bond acceptors (Lipinski definition) is 4. The first-order chi connectivity index (χ1) is 11.7. The molecule has 1 spiro atoms. The van der Waals surface area contributed by atoms with Gasteiger partial charge in [-0.05, 0) is 25.3 Å². The second-order valence-electron chi connectivity index (χ2n) is 7.48. The van der Waals surface area contributed by atoms with Gasteiger partial charge < -0.3 is 15.2 Å². The molecule has 4 nitrogen and oxygen atoms in total. The van der Waals surface area contributed by atoms with E-state index >= 15 is 0 Å². The number of aliphatic hydroxyl groups is 1. The van der Waals surface area contributed by atoms with E-state index in [9.17, 15) is 9.50 Å². The quantitative estimate of drug-likeness (QED) is 0.865. The van der Waals surface area contributed by atoms with E-state index in [-0.39, 0.29) is 5.82 Å². The number of ether oxygens (including phenoxy) is 1. The van der Waals surface area contributed by atoms with E-state index < -0.39 is 6.10 Å². The summed E-state index contributed by atoms with van der Waals surface area (Å²) in [4.78, 5) is 2.59. The maximum Gasteiger partial charge on any atom is 0.129 e. The van der Waals surface area contributed by atoms with Crippen LogP contribution in [0.5, 0.6) is 0 Å². The molecule has 5 heteroatoms. The molecule has 3 atom stereocenters. The summed E-state index contributed by atoms with van der Waals surface area (Å²) in [6.45, 7) is 4.19. The molecule has 1 aromatic rings. The van der Waals surface area contributed by atoms with Crippen LogP contribution >= 0.6 is 0 Å². The van der Waals surface area contributed by atoms with Gasteiger partial charge in [0.1, 0.15) is 5.82 Å². The molecule has 2 aliphatic carbocycles. The molecule has 4 rings (SSSR count). The number of aliphatic hydroxyl groups excluding tert-OH is 1. The average Bonchev–Trinajstić information content (AvgIpc) is 2.53. The highest BCUT2D eigenvalue weighted by Crippen LogP contribution is 2.58. The SMILES string of the molecule is OC(CN[C@H]1C[C@H](N2CCOCC2)C12CCC2)c1ccccc1F. The van der Waals surface area contributed by atoms with Gasteiger partial charge >= 0.3 is 0 Å². The van der Waals surface area contributed by atoms with Crippen molar-refractivity contribution >= 4 is 0 Å². The number of rotatable bonds is 5. The fourth-order valence-electron chi connectivity index (χ4n) is 4.83. The first-order valence-corrected chi connectivity index (χ1v) is 9.18. The van der Waals surface area contributed by atoms with Crippen molar-refractivity contribution in [1.82, 2.24) is 10.2 Å². The summed E-state index contributed by atoms with van der Waals surface area (Å²) < 4.78 is 19.3. The highest BCUT2D eigenvalue weighted by Gasteiger charge is 2.59. The van der Waals surface area contributed by atoms with E-state index in [0.29, 0.717) is 29.6 Å². The van der Waals surface area contributed by atoms with Crippen LogP contribution in [0.4, 0.5) is 4.39 Å². The minimum Gasteiger partial charge on any atom is -0.387 e. The van der Waals surface area contributed by atoms with Crippen LogP contribution in [0.15, 0.2) is 24.3 Å². The summed E-state index contributed by atoms with van der Waals surface area (Å²) in [5.41, 5.74) is 0.753. The number of morpholine rings is 1. The summed E-state index contributed by atoms with van der Waals surface area (Å²) in [6, 6.07) is 7.59. The third kappa shape index (κ3) is 2.77. The van der Waals surface area contributed by atoms with Crippen molar-refractivity contribution in [2.24, 2.45) is 5.41 Å². The number of benzene rings is 1. The summed E-state index contributed by atoms with van der Waals surface area (Å²) in [5.74, 6) is -0.329. The Bertz CT molecular complexity index is 572. The average molecular weight is 334 g/mol. The van der Waals surface area contributed by atoms with Gasteiger partial charge in [0.05, 0.1) is 19.3 Å². The standard InChI is InChI=1S/C19H27FN2O2/c20-15-5-2-1-4-14(15)16(23)13-21-17-12-18(19(17)6-3-7-19)22-8-10-24-11-9-22/h1-2,4-5,16-18,21,23H,3,6-13H2/t16?,17-,18-/m0/s1. The Kier molecular flexibility index (Phi) is 4.60. The lowest BCUT2D eigenvalue weighted by atomic mass is 9.49. The Labute approximate surface area is 143 Å². The Morgan fingerprint density at radius 1 is 1.29 bits per heavy atom. The lowest BCUT2D eigenvalue weighted by molar-refractivity contribution is -0.135. The molecule has 1 aliphatic heterocycles. The van der Waals surface area contributed by atoms with Crippen LogP contribution in [0.25, 0.3) is 0 Å². The molecule has 1 heterocycles. The molecule has 0 radical (unpaired) electrons. The maximum absolute atomic E-state index is 13.8. The van der Waals surface area contributed by atoms with Crippen LogP contribution in [0.1, 0.15) is 37.4 Å². The Morgan fingerprint density at radius 3 is 2.71 bits per heavy atom. The summed E-state index contributed by atoms with van der Waals surface area (Å²) >= 11 is 0. The van der Waals surface area contributed by atoms with Gasteiger partial charge in [0.15, 0.2) is 0 Å². The molecule has 2 saturated carbocycles. The Morgan fingerprint density at radius 2 is 2.04 bits per heavy atom. The van der Waals surface area contributed by atoms with Gasteiger partial charge in [-0.1, -0.05) is 24.6 Å². The van der Waals surface area contributed by atoms with Crippen molar-refractivity contribution in [1.29, 1.82) is 0 Å². The number of nitrogens with zero attached hydrogens (tertiary/aromatic N) is 1. The topological polar surface area (TPSA) is 44.7 Å². The molecule has 1 unspecified atom stereocenters. The van der Waals surface area contributed by atoms with Gasteiger partial charge in [-0.3, -0.25) is 4.90 Å². The molecule has 24 heavy (non-hydrogen) atoms. The van der Waals surface area contributed by atoms with E-state index in [0.717, 1.165) is 32.7 Å². The Balaban J connectivity index is 1.35. The molecule has 3 fully saturated rings. The van der Waals surface area contributed by atoms with E-state index in [1.165, 1.54) is 25.3 Å². The van der Waals surface area contributed by atoms with Crippen molar-refractivity contribution in [2.45, 2.75) is 43.9 Å². The van der Waals surface area contributed by atoms with Crippen LogP contribution < -0.4 is 5.32 Å². The number of nitrogens with one attached hydrogen (secondary N) is 1. The predicted octanol–water partition coefficient (Wildman–Crippen LogP) is 2.09. The molecule has 132 valence electrons. The molecule has 1 saturated heterocycles. The monoisotopic (exact) mass is 334 g/mol. The summed E-state index contributed by atoms with van der Waals surface area (Å²) in [5, 5.41) is 13.8. The third-order valence-corrected chi connectivity index (χ3v) is 6.41. The molecule has 0 aromatic heterocycles. The van der Waals surface area contributed by atoms with E-state index in [2.05, 4.69) is 10.2 Å². The van der Waals surface area contributed by atoms with Gasteiger partial charge in [0, 0.05) is 42.7 Å². The molecular formula is C19H27FN2O2. The lowest BCUT2D eigenvalue weighted by Crippen LogP contribution is -2.72. The molecule has 2 N–H and O–H groups in total. The molecule has 0 bridgehead atoms. The van der Waals surface area contributed by atoms with Crippen LogP contribution in [0.3, 0.4) is 0 Å². The normalized spacial score (nSPS) is 30.6. The minimum atomic E-state index is -0.786. The molecule has 3 aliphatic rings. The molecule has 0 amide bonds. The zero-order chi connectivity index (χ0) is 16.6. The van der Waals surface area contributed by atoms with Crippen LogP contribution in [-0.4, -0.2) is 54.9 Å². The van der Waals surface area contributed by atoms with Crippen LogP contribution in [0.2, 0.25) is 0 Å². The van der Waals surface area contributed by atoms with Gasteiger partial charge in [0.2, 0.25) is 0 Å². The summed E-state index contributed by atoms with van der Waals surface area (Å²) in [6.07, 6.45) is 4.18. The largest absolute Gasteiger partial charge is 0.387 e. The number of hydrogen-bond donors (Lipinski definition) is 2. The second kappa shape index (κ2) is 6.71.